The van der Waals surface area contributed by atoms with Crippen LogP contribution in [0.4, 0.5) is 5.69 Å². The molecule has 0 unspecified atom stereocenters. The first-order valence-corrected chi connectivity index (χ1v) is 7.22. The number of nitrogens with zero attached hydrogens (tertiary/aromatic N) is 3. The predicted octanol–water partition coefficient (Wildman–Crippen LogP) is 1.35. The number of oxazole rings is 1. The highest BCUT2D eigenvalue weighted by molar-refractivity contribution is 6.42. The fourth-order valence-electron chi connectivity index (χ4n) is 1.93. The third-order valence-electron chi connectivity index (χ3n) is 3.02. The maximum atomic E-state index is 11.9. The molecule has 2 aromatic rings. The zero-order chi connectivity index (χ0) is 18.2. The van der Waals surface area contributed by atoms with E-state index in [9.17, 15) is 9.59 Å². The fraction of sp³-hybridized carbons (Fsp3) is 0.188. The van der Waals surface area contributed by atoms with Gasteiger partial charge in [0.15, 0.2) is 12.2 Å². The van der Waals surface area contributed by atoms with Gasteiger partial charge in [-0.15, -0.1) is 0 Å². The van der Waals surface area contributed by atoms with Crippen molar-refractivity contribution in [3.8, 4) is 23.1 Å². The number of nitriles is 1. The lowest BCUT2D eigenvalue weighted by atomic mass is 10.1. The molecule has 1 aromatic heterocycles. The van der Waals surface area contributed by atoms with Crippen LogP contribution in [0.25, 0.3) is 11.3 Å². The molecule has 0 saturated heterocycles. The molecule has 0 aliphatic heterocycles. The van der Waals surface area contributed by atoms with Crippen molar-refractivity contribution in [1.29, 1.82) is 5.26 Å². The van der Waals surface area contributed by atoms with E-state index in [1.807, 2.05) is 0 Å². The van der Waals surface area contributed by atoms with E-state index in [0.717, 1.165) is 0 Å². The van der Waals surface area contributed by atoms with Gasteiger partial charge in [0.05, 0.1) is 18.9 Å². The maximum absolute atomic E-state index is 11.9. The first-order chi connectivity index (χ1) is 12.1. The third-order valence-corrected chi connectivity index (χ3v) is 3.02. The molecule has 0 aliphatic rings. The number of amidine groups is 1. The molecule has 9 nitrogen and oxygen atoms in total. The van der Waals surface area contributed by atoms with Gasteiger partial charge >= 0.3 is 11.8 Å². The van der Waals surface area contributed by atoms with Crippen LogP contribution >= 0.6 is 0 Å². The Kier molecular flexibility index (Phi) is 5.84. The van der Waals surface area contributed by atoms with Crippen molar-refractivity contribution >= 4 is 23.3 Å². The van der Waals surface area contributed by atoms with E-state index in [4.69, 9.17) is 14.4 Å². The van der Waals surface area contributed by atoms with Crippen molar-refractivity contribution in [1.82, 2.24) is 10.3 Å². The summed E-state index contributed by atoms with van der Waals surface area (Å²) in [6, 6.07) is 6.47. The van der Waals surface area contributed by atoms with Gasteiger partial charge in [0.2, 0.25) is 5.84 Å². The molecule has 0 spiro atoms. The average Bonchev–Trinajstić information content (AvgIpc) is 3.15. The quantitative estimate of drug-likeness (QED) is 0.490. The zero-order valence-corrected chi connectivity index (χ0v) is 13.6. The molecule has 2 rings (SSSR count). The molecule has 0 aliphatic carbocycles. The minimum atomic E-state index is -0.993. The Bertz CT molecular complexity index is 837. The van der Waals surface area contributed by atoms with Crippen molar-refractivity contribution in [2.24, 2.45) is 4.99 Å². The van der Waals surface area contributed by atoms with E-state index in [0.29, 0.717) is 29.3 Å². The number of benzene rings is 1. The number of anilines is 1. The Morgan fingerprint density at radius 3 is 2.80 bits per heavy atom. The van der Waals surface area contributed by atoms with Gasteiger partial charge in [-0.25, -0.2) is 4.98 Å². The van der Waals surface area contributed by atoms with E-state index in [2.05, 4.69) is 20.6 Å². The summed E-state index contributed by atoms with van der Waals surface area (Å²) >= 11 is 0. The first kappa shape index (κ1) is 17.7. The van der Waals surface area contributed by atoms with Gasteiger partial charge in [-0.1, -0.05) is 0 Å². The van der Waals surface area contributed by atoms with E-state index in [1.54, 1.807) is 25.1 Å². The predicted molar refractivity (Wildman–Crippen MR) is 88.9 cm³/mol. The largest absolute Gasteiger partial charge is 0.496 e. The molecule has 128 valence electrons. The van der Waals surface area contributed by atoms with Crippen LogP contribution in [0.2, 0.25) is 0 Å². The van der Waals surface area contributed by atoms with Crippen molar-refractivity contribution in [2.75, 3.05) is 19.0 Å². The van der Waals surface area contributed by atoms with E-state index in [1.165, 1.54) is 25.8 Å². The lowest BCUT2D eigenvalue weighted by Crippen LogP contribution is -2.38. The molecule has 1 heterocycles. The van der Waals surface area contributed by atoms with E-state index < -0.39 is 11.8 Å². The molecule has 1 aromatic carbocycles. The summed E-state index contributed by atoms with van der Waals surface area (Å²) in [5.74, 6) is -1.22. The number of methoxy groups -OCH3 is 1. The average molecular weight is 341 g/mol. The van der Waals surface area contributed by atoms with E-state index >= 15 is 0 Å². The highest BCUT2D eigenvalue weighted by atomic mass is 16.5. The summed E-state index contributed by atoms with van der Waals surface area (Å²) < 4.78 is 10.5. The molecule has 2 amide bonds. The highest BCUT2D eigenvalue weighted by Crippen LogP contribution is 2.32. The van der Waals surface area contributed by atoms with Gasteiger partial charge in [-0.2, -0.15) is 5.26 Å². The summed E-state index contributed by atoms with van der Waals surface area (Å²) in [4.78, 5) is 31.3. The number of hydrogen-bond donors (Lipinski definition) is 2. The highest BCUT2D eigenvalue weighted by Gasteiger charge is 2.17. The standard InChI is InChI=1S/C16H15N5O4/c1-3-19-14(7-17)21-16(23)15(22)20-10-4-5-11(12(6-10)24-2)13-8-18-9-25-13/h4-6,8-9H,3H2,1-2H3,(H,20,22)(H,19,21,23). The number of hydrogen-bond acceptors (Lipinski definition) is 7. The van der Waals surface area contributed by atoms with Crippen LogP contribution in [0.1, 0.15) is 6.92 Å². The number of aliphatic imine (C=N–C) groups is 1. The summed E-state index contributed by atoms with van der Waals surface area (Å²) in [7, 11) is 1.47. The van der Waals surface area contributed by atoms with Gasteiger partial charge in [0.25, 0.3) is 0 Å². The van der Waals surface area contributed by atoms with Crippen LogP contribution < -0.4 is 15.4 Å². The van der Waals surface area contributed by atoms with Crippen LogP contribution in [-0.4, -0.2) is 36.3 Å². The Balaban J connectivity index is 2.12. The third kappa shape index (κ3) is 4.42. The van der Waals surface area contributed by atoms with E-state index in [-0.39, 0.29) is 5.84 Å². The molecule has 9 heteroatoms. The van der Waals surface area contributed by atoms with Crippen molar-refractivity contribution in [3.63, 3.8) is 0 Å². The summed E-state index contributed by atoms with van der Waals surface area (Å²) in [5, 5.41) is 13.4. The van der Waals surface area contributed by atoms with Gasteiger partial charge in [0.1, 0.15) is 11.8 Å². The van der Waals surface area contributed by atoms with Crippen LogP contribution in [-0.2, 0) is 9.59 Å². The molecule has 0 fully saturated rings. The SMILES string of the molecule is CCN=C(C#N)NC(=O)C(=O)Nc1ccc(-c2cnco2)c(OC)c1. The number of nitrogens with one attached hydrogen (secondary N) is 2. The number of aromatic nitrogens is 1. The fourth-order valence-corrected chi connectivity index (χ4v) is 1.93. The zero-order valence-electron chi connectivity index (χ0n) is 13.6. The Morgan fingerprint density at radius 2 is 2.20 bits per heavy atom. The van der Waals surface area contributed by atoms with Gasteiger partial charge in [-0.3, -0.25) is 19.9 Å². The lowest BCUT2D eigenvalue weighted by Gasteiger charge is -2.10. The smallest absolute Gasteiger partial charge is 0.315 e. The second kappa shape index (κ2) is 8.26. The topological polar surface area (TPSA) is 130 Å². The number of carbonyl (C=O) groups is 2. The van der Waals surface area contributed by atoms with Crippen LogP contribution in [0, 0.1) is 11.3 Å². The molecule has 0 radical (unpaired) electrons. The van der Waals surface area contributed by atoms with Crippen molar-refractivity contribution in [2.45, 2.75) is 6.92 Å². The number of ether oxygens (including phenoxy) is 1. The normalized spacial score (nSPS) is 10.7. The molecule has 0 bridgehead atoms. The summed E-state index contributed by atoms with van der Waals surface area (Å²) in [5.41, 5.74) is 0.982. The number of amides is 2. The Labute approximate surface area is 143 Å². The molecular weight excluding hydrogens is 326 g/mol. The second-order valence-corrected chi connectivity index (χ2v) is 4.62. The van der Waals surface area contributed by atoms with Gasteiger partial charge in [0, 0.05) is 18.3 Å². The van der Waals surface area contributed by atoms with Crippen molar-refractivity contribution < 1.29 is 18.7 Å². The van der Waals surface area contributed by atoms with Gasteiger partial charge in [-0.05, 0) is 19.1 Å². The first-order valence-electron chi connectivity index (χ1n) is 7.22. The minimum absolute atomic E-state index is 0.221. The lowest BCUT2D eigenvalue weighted by molar-refractivity contribution is -0.135. The van der Waals surface area contributed by atoms with Crippen LogP contribution in [0.15, 0.2) is 40.2 Å². The summed E-state index contributed by atoms with van der Waals surface area (Å²) in [6.45, 7) is 2.01. The van der Waals surface area contributed by atoms with Crippen LogP contribution in [0.3, 0.4) is 0 Å². The van der Waals surface area contributed by atoms with Crippen LogP contribution in [0.5, 0.6) is 5.75 Å². The second-order valence-electron chi connectivity index (χ2n) is 4.62. The molecule has 0 atom stereocenters. The minimum Gasteiger partial charge on any atom is -0.496 e. The Hall–Kier alpha value is -3.67. The molecular formula is C16H15N5O4. The van der Waals surface area contributed by atoms with Crippen molar-refractivity contribution in [3.05, 3.63) is 30.8 Å². The molecule has 0 saturated carbocycles. The molecule has 2 N–H and O–H groups in total. The Morgan fingerprint density at radius 1 is 1.40 bits per heavy atom. The molecule has 25 heavy (non-hydrogen) atoms. The number of rotatable bonds is 4. The number of carbonyl (C=O) groups excluding carboxylic acids is 2. The maximum Gasteiger partial charge on any atom is 0.315 e. The monoisotopic (exact) mass is 341 g/mol. The summed E-state index contributed by atoms with van der Waals surface area (Å²) in [6.07, 6.45) is 2.82. The van der Waals surface area contributed by atoms with Gasteiger partial charge < -0.3 is 14.5 Å².